The molecule has 1 fully saturated rings. The maximum absolute atomic E-state index is 13.4. The van der Waals surface area contributed by atoms with Crippen LogP contribution in [0.2, 0.25) is 0 Å². The highest BCUT2D eigenvalue weighted by Gasteiger charge is 2.29. The molecule has 1 aromatic carbocycles. The lowest BCUT2D eigenvalue weighted by atomic mass is 9.77. The number of benzene rings is 1. The summed E-state index contributed by atoms with van der Waals surface area (Å²) in [5, 5.41) is 6.92. The Bertz CT molecular complexity index is 1150. The van der Waals surface area contributed by atoms with Crippen molar-refractivity contribution < 1.29 is 14.4 Å². The van der Waals surface area contributed by atoms with Crippen LogP contribution in [0.3, 0.4) is 0 Å². The largest absolute Gasteiger partial charge is 0.382 e. The molecule has 3 amide bonds. The van der Waals surface area contributed by atoms with Crippen LogP contribution in [0.4, 0.5) is 10.8 Å². The molecule has 1 aliphatic rings. The summed E-state index contributed by atoms with van der Waals surface area (Å²) in [7, 11) is 0. The van der Waals surface area contributed by atoms with Crippen molar-refractivity contribution in [1.29, 1.82) is 0 Å². The molecule has 0 bridgehead atoms. The Morgan fingerprint density at radius 2 is 1.51 bits per heavy atom. The minimum Gasteiger partial charge on any atom is -0.382 e. The van der Waals surface area contributed by atoms with Gasteiger partial charge in [-0.25, -0.2) is 4.98 Å². The number of anilines is 2. The van der Waals surface area contributed by atoms with E-state index in [0.29, 0.717) is 54.3 Å². The number of nitrogens with one attached hydrogen (secondary N) is 2. The summed E-state index contributed by atoms with van der Waals surface area (Å²) in [5.74, 6) is -0.278. The van der Waals surface area contributed by atoms with Crippen molar-refractivity contribution in [3.8, 4) is 0 Å². The molecule has 2 aromatic rings. The fraction of sp³-hybridized carbons (Fsp3) is 0.600. The number of nitrogens with zero attached hydrogens (tertiary/aromatic N) is 3. The summed E-state index contributed by atoms with van der Waals surface area (Å²) in [6.45, 7) is 18.7. The van der Waals surface area contributed by atoms with E-state index in [9.17, 15) is 14.4 Å². The molecular weight excluding hydrogens is 510 g/mol. The van der Waals surface area contributed by atoms with Crippen LogP contribution in [0.1, 0.15) is 82.7 Å². The van der Waals surface area contributed by atoms with E-state index in [1.165, 1.54) is 18.3 Å². The quantitative estimate of drug-likeness (QED) is 0.452. The van der Waals surface area contributed by atoms with E-state index in [-0.39, 0.29) is 28.6 Å². The molecule has 2 N–H and O–H groups in total. The van der Waals surface area contributed by atoms with E-state index >= 15 is 0 Å². The summed E-state index contributed by atoms with van der Waals surface area (Å²) in [5.41, 5.74) is 3.31. The molecule has 0 spiro atoms. The van der Waals surface area contributed by atoms with E-state index in [1.807, 2.05) is 0 Å². The lowest BCUT2D eigenvalue weighted by Crippen LogP contribution is -2.50. The summed E-state index contributed by atoms with van der Waals surface area (Å²) >= 11 is 1.22. The second-order valence-electron chi connectivity index (χ2n) is 12.8. The van der Waals surface area contributed by atoms with E-state index in [1.54, 1.807) is 16.7 Å². The SMILES string of the molecule is CC(=O)Nc1nc(CCc2ccc(NC(CC(C)(C)C)C(C)(C)C)cc2)c(C(=O)N2CCN(C(C)=O)CC2)s1. The standard InChI is InChI=1S/C30H45N5O3S/c1-20(36)31-28-33-24(26(39-28)27(38)35-17-15-34(16-18-35)21(2)37)14-11-22-9-12-23(13-10-22)32-25(30(6,7)8)19-29(3,4)5/h9-10,12-13,25,32H,11,14-19H2,1-8H3,(H,31,33,36). The molecule has 0 saturated carbocycles. The number of piperazine rings is 1. The third-order valence-electron chi connectivity index (χ3n) is 6.99. The van der Waals surface area contributed by atoms with Gasteiger partial charge in [-0.15, -0.1) is 0 Å². The predicted molar refractivity (Wildman–Crippen MR) is 159 cm³/mol. The molecule has 1 unspecified atom stereocenters. The average Bonchev–Trinajstić information content (AvgIpc) is 3.23. The van der Waals surface area contributed by atoms with Crippen LogP contribution < -0.4 is 10.6 Å². The van der Waals surface area contributed by atoms with Gasteiger partial charge in [-0.1, -0.05) is 65.0 Å². The normalized spacial score (nSPS) is 15.2. The number of thiazole rings is 1. The Morgan fingerprint density at radius 3 is 2.03 bits per heavy atom. The number of aromatic nitrogens is 1. The average molecular weight is 556 g/mol. The minimum atomic E-state index is -0.215. The molecule has 3 rings (SSSR count). The maximum Gasteiger partial charge on any atom is 0.266 e. The van der Waals surface area contributed by atoms with Crippen LogP contribution in [-0.4, -0.2) is 64.7 Å². The first-order chi connectivity index (χ1) is 18.1. The molecule has 0 radical (unpaired) electrons. The fourth-order valence-corrected chi connectivity index (χ4v) is 5.70. The number of hydrogen-bond donors (Lipinski definition) is 2. The van der Waals surface area contributed by atoms with Crippen molar-refractivity contribution in [2.24, 2.45) is 10.8 Å². The molecular formula is C30H45N5O3S. The van der Waals surface area contributed by atoms with Gasteiger partial charge in [0.15, 0.2) is 5.13 Å². The first-order valence-electron chi connectivity index (χ1n) is 13.8. The zero-order valence-corrected chi connectivity index (χ0v) is 25.6. The first kappa shape index (κ1) is 30.6. The van der Waals surface area contributed by atoms with Crippen molar-refractivity contribution in [3.63, 3.8) is 0 Å². The Morgan fingerprint density at radius 1 is 0.923 bits per heavy atom. The molecule has 214 valence electrons. The molecule has 8 nitrogen and oxygen atoms in total. The fourth-order valence-electron chi connectivity index (χ4n) is 4.68. The van der Waals surface area contributed by atoms with Crippen molar-refractivity contribution in [2.75, 3.05) is 36.8 Å². The zero-order chi connectivity index (χ0) is 29.0. The third kappa shape index (κ3) is 9.05. The van der Waals surface area contributed by atoms with Crippen molar-refractivity contribution in [2.45, 2.75) is 80.7 Å². The number of rotatable bonds is 8. The first-order valence-corrected chi connectivity index (χ1v) is 14.6. The van der Waals surface area contributed by atoms with Crippen molar-refractivity contribution >= 4 is 39.9 Å². The molecule has 1 aliphatic heterocycles. The Labute approximate surface area is 237 Å². The van der Waals surface area contributed by atoms with Crippen LogP contribution in [0.15, 0.2) is 24.3 Å². The number of carbonyl (C=O) groups excluding carboxylic acids is 3. The van der Waals surface area contributed by atoms with Gasteiger partial charge < -0.3 is 20.4 Å². The van der Waals surface area contributed by atoms with Crippen LogP contribution in [0.5, 0.6) is 0 Å². The zero-order valence-electron chi connectivity index (χ0n) is 24.8. The van der Waals surface area contributed by atoms with Gasteiger partial charge in [0.25, 0.3) is 5.91 Å². The van der Waals surface area contributed by atoms with Crippen LogP contribution in [-0.2, 0) is 22.4 Å². The molecule has 1 atom stereocenters. The van der Waals surface area contributed by atoms with E-state index in [0.717, 1.165) is 24.1 Å². The van der Waals surface area contributed by atoms with Gasteiger partial charge in [0, 0.05) is 51.8 Å². The summed E-state index contributed by atoms with van der Waals surface area (Å²) in [6, 6.07) is 8.85. The highest BCUT2D eigenvalue weighted by atomic mass is 32.1. The van der Waals surface area contributed by atoms with Gasteiger partial charge in [-0.2, -0.15) is 0 Å². The van der Waals surface area contributed by atoms with Crippen LogP contribution in [0, 0.1) is 10.8 Å². The third-order valence-corrected chi connectivity index (χ3v) is 8.00. The number of carbonyl (C=O) groups is 3. The van der Waals surface area contributed by atoms with E-state index in [4.69, 9.17) is 0 Å². The van der Waals surface area contributed by atoms with Crippen LogP contribution >= 0.6 is 11.3 Å². The Hall–Kier alpha value is -2.94. The minimum absolute atomic E-state index is 0.0258. The second-order valence-corrected chi connectivity index (χ2v) is 13.8. The van der Waals surface area contributed by atoms with E-state index in [2.05, 4.69) is 81.4 Å². The monoisotopic (exact) mass is 555 g/mol. The highest BCUT2D eigenvalue weighted by Crippen LogP contribution is 2.33. The smallest absolute Gasteiger partial charge is 0.266 e. The number of aryl methyl sites for hydroxylation is 2. The molecule has 0 aliphatic carbocycles. The second kappa shape index (κ2) is 12.5. The van der Waals surface area contributed by atoms with Gasteiger partial charge in [-0.05, 0) is 47.8 Å². The van der Waals surface area contributed by atoms with Gasteiger partial charge >= 0.3 is 0 Å². The van der Waals surface area contributed by atoms with Gasteiger partial charge in [0.05, 0.1) is 5.69 Å². The highest BCUT2D eigenvalue weighted by molar-refractivity contribution is 7.17. The lowest BCUT2D eigenvalue weighted by Gasteiger charge is -2.37. The maximum atomic E-state index is 13.4. The summed E-state index contributed by atoms with van der Waals surface area (Å²) in [4.78, 5) is 45.4. The number of amides is 3. The number of hydrogen-bond acceptors (Lipinski definition) is 6. The van der Waals surface area contributed by atoms with Crippen molar-refractivity contribution in [1.82, 2.24) is 14.8 Å². The molecule has 1 aromatic heterocycles. The van der Waals surface area contributed by atoms with Crippen LogP contribution in [0.25, 0.3) is 0 Å². The summed E-state index contributed by atoms with van der Waals surface area (Å²) < 4.78 is 0. The Kier molecular flexibility index (Phi) is 9.80. The predicted octanol–water partition coefficient (Wildman–Crippen LogP) is 5.45. The topological polar surface area (TPSA) is 94.6 Å². The lowest BCUT2D eigenvalue weighted by molar-refractivity contribution is -0.130. The van der Waals surface area contributed by atoms with Gasteiger partial charge in [0.1, 0.15) is 4.88 Å². The Balaban J connectivity index is 1.70. The van der Waals surface area contributed by atoms with Gasteiger partial charge in [-0.3, -0.25) is 14.4 Å². The van der Waals surface area contributed by atoms with Crippen molar-refractivity contribution in [3.05, 3.63) is 40.4 Å². The van der Waals surface area contributed by atoms with Gasteiger partial charge in [0.2, 0.25) is 11.8 Å². The molecule has 2 heterocycles. The molecule has 9 heteroatoms. The summed E-state index contributed by atoms with van der Waals surface area (Å²) in [6.07, 6.45) is 2.39. The molecule has 39 heavy (non-hydrogen) atoms. The van der Waals surface area contributed by atoms with E-state index < -0.39 is 0 Å². The molecule has 1 saturated heterocycles.